The summed E-state index contributed by atoms with van der Waals surface area (Å²) < 4.78 is 17.8. The molecule has 1 aromatic heterocycles. The third-order valence-electron chi connectivity index (χ3n) is 5.75. The van der Waals surface area contributed by atoms with E-state index in [1.165, 1.54) is 25.7 Å². The predicted octanol–water partition coefficient (Wildman–Crippen LogP) is 3.35. The van der Waals surface area contributed by atoms with Gasteiger partial charge in [-0.15, -0.1) is 0 Å². The Labute approximate surface area is 156 Å². The molecule has 6 nitrogen and oxygen atoms in total. The van der Waals surface area contributed by atoms with Crippen LogP contribution in [-0.2, 0) is 9.47 Å². The number of aromatic nitrogens is 2. The van der Waals surface area contributed by atoms with Crippen LogP contribution < -0.4 is 9.64 Å². The second-order valence-corrected chi connectivity index (χ2v) is 7.75. The summed E-state index contributed by atoms with van der Waals surface area (Å²) in [5.74, 6) is 1.60. The summed E-state index contributed by atoms with van der Waals surface area (Å²) in [6.07, 6.45) is 15.1. The Hall–Kier alpha value is -1.40. The van der Waals surface area contributed by atoms with E-state index in [0.717, 1.165) is 64.2 Å². The Morgan fingerprint density at radius 1 is 0.962 bits per heavy atom. The number of piperidine rings is 1. The molecule has 3 fully saturated rings. The molecular formula is C20H31N3O3. The summed E-state index contributed by atoms with van der Waals surface area (Å²) in [7, 11) is 0. The van der Waals surface area contributed by atoms with Crippen LogP contribution in [0.1, 0.15) is 57.8 Å². The molecule has 0 radical (unpaired) electrons. The van der Waals surface area contributed by atoms with E-state index in [0.29, 0.717) is 24.2 Å². The molecule has 0 bridgehead atoms. The van der Waals surface area contributed by atoms with Gasteiger partial charge in [-0.2, -0.15) is 4.98 Å². The van der Waals surface area contributed by atoms with Crippen LogP contribution in [0.3, 0.4) is 0 Å². The van der Waals surface area contributed by atoms with Crippen molar-refractivity contribution in [3.63, 3.8) is 0 Å². The number of hydrogen-bond donors (Lipinski definition) is 0. The van der Waals surface area contributed by atoms with Crippen LogP contribution in [0.5, 0.6) is 5.88 Å². The van der Waals surface area contributed by atoms with Crippen LogP contribution in [0.15, 0.2) is 12.4 Å². The molecule has 1 unspecified atom stereocenters. The van der Waals surface area contributed by atoms with E-state index in [2.05, 4.69) is 9.88 Å². The first-order valence-electron chi connectivity index (χ1n) is 10.3. The van der Waals surface area contributed by atoms with Crippen LogP contribution in [0.4, 0.5) is 5.82 Å². The van der Waals surface area contributed by atoms with Gasteiger partial charge < -0.3 is 19.1 Å². The third-order valence-corrected chi connectivity index (χ3v) is 5.75. The molecule has 0 N–H and O–H groups in total. The molecule has 6 heteroatoms. The van der Waals surface area contributed by atoms with Gasteiger partial charge in [0.25, 0.3) is 0 Å². The lowest BCUT2D eigenvalue weighted by atomic mass is 9.98. The number of anilines is 1. The number of hydrogen-bond acceptors (Lipinski definition) is 6. The molecule has 2 saturated heterocycles. The highest BCUT2D eigenvalue weighted by Gasteiger charge is 2.24. The monoisotopic (exact) mass is 361 g/mol. The molecular weight excluding hydrogens is 330 g/mol. The zero-order valence-electron chi connectivity index (χ0n) is 15.6. The van der Waals surface area contributed by atoms with Crippen molar-refractivity contribution in [2.75, 3.05) is 31.2 Å². The van der Waals surface area contributed by atoms with E-state index in [9.17, 15) is 0 Å². The first-order valence-corrected chi connectivity index (χ1v) is 10.3. The molecule has 1 saturated carbocycles. The standard InChI is InChI=1S/C20H31N3O3/c1-2-5-17(6-3-1)26-20-14-21-13-19(22-20)23-10-8-16(9-11-23)25-15-18-7-4-12-24-18/h13-14,16-18H,1-12,15H2. The molecule has 1 aliphatic carbocycles. The molecule has 26 heavy (non-hydrogen) atoms. The minimum absolute atomic E-state index is 0.310. The largest absolute Gasteiger partial charge is 0.473 e. The van der Waals surface area contributed by atoms with E-state index in [4.69, 9.17) is 19.2 Å². The average Bonchev–Trinajstić information content (AvgIpc) is 3.22. The number of rotatable bonds is 6. The quantitative estimate of drug-likeness (QED) is 0.774. The smallest absolute Gasteiger partial charge is 0.234 e. The Morgan fingerprint density at radius 3 is 2.58 bits per heavy atom. The van der Waals surface area contributed by atoms with Crippen molar-refractivity contribution in [1.82, 2.24) is 9.97 Å². The van der Waals surface area contributed by atoms with E-state index in [1.54, 1.807) is 6.20 Å². The van der Waals surface area contributed by atoms with E-state index >= 15 is 0 Å². The lowest BCUT2D eigenvalue weighted by Gasteiger charge is -2.33. The van der Waals surface area contributed by atoms with Gasteiger partial charge in [0, 0.05) is 19.7 Å². The fourth-order valence-electron chi connectivity index (χ4n) is 4.17. The molecule has 2 aliphatic heterocycles. The summed E-state index contributed by atoms with van der Waals surface area (Å²) in [4.78, 5) is 11.4. The maximum Gasteiger partial charge on any atom is 0.234 e. The minimum Gasteiger partial charge on any atom is -0.473 e. The van der Waals surface area contributed by atoms with Crippen molar-refractivity contribution in [3.8, 4) is 5.88 Å². The van der Waals surface area contributed by atoms with Gasteiger partial charge in [0.2, 0.25) is 5.88 Å². The first kappa shape index (κ1) is 18.0. The van der Waals surface area contributed by atoms with Crippen molar-refractivity contribution in [3.05, 3.63) is 12.4 Å². The Bertz CT molecular complexity index is 551. The van der Waals surface area contributed by atoms with E-state index < -0.39 is 0 Å². The fourth-order valence-corrected chi connectivity index (χ4v) is 4.17. The second kappa shape index (κ2) is 9.00. The Morgan fingerprint density at radius 2 is 1.81 bits per heavy atom. The SMILES string of the molecule is c1ncc(N2CCC(OCC3CCCO3)CC2)nc1OC1CCCCC1. The maximum atomic E-state index is 6.06. The summed E-state index contributed by atoms with van der Waals surface area (Å²) in [6, 6.07) is 0. The Balaban J connectivity index is 1.25. The zero-order chi connectivity index (χ0) is 17.6. The summed E-state index contributed by atoms with van der Waals surface area (Å²) >= 11 is 0. The van der Waals surface area contributed by atoms with Crippen LogP contribution in [0.2, 0.25) is 0 Å². The van der Waals surface area contributed by atoms with Gasteiger partial charge in [-0.25, -0.2) is 0 Å². The van der Waals surface area contributed by atoms with Crippen molar-refractivity contribution in [2.45, 2.75) is 76.1 Å². The highest BCUT2D eigenvalue weighted by atomic mass is 16.5. The molecule has 3 heterocycles. The van der Waals surface area contributed by atoms with Crippen LogP contribution in [0.25, 0.3) is 0 Å². The topological polar surface area (TPSA) is 56.7 Å². The maximum absolute atomic E-state index is 6.06. The average molecular weight is 361 g/mol. The van der Waals surface area contributed by atoms with Gasteiger partial charge in [0.1, 0.15) is 6.10 Å². The fraction of sp³-hybridized carbons (Fsp3) is 0.800. The van der Waals surface area contributed by atoms with Gasteiger partial charge >= 0.3 is 0 Å². The molecule has 0 spiro atoms. The van der Waals surface area contributed by atoms with E-state index in [-0.39, 0.29) is 0 Å². The highest BCUT2D eigenvalue weighted by Crippen LogP contribution is 2.25. The van der Waals surface area contributed by atoms with Gasteiger partial charge in [-0.1, -0.05) is 6.42 Å². The second-order valence-electron chi connectivity index (χ2n) is 7.75. The van der Waals surface area contributed by atoms with Crippen LogP contribution in [-0.4, -0.2) is 54.6 Å². The first-order chi connectivity index (χ1) is 12.9. The molecule has 1 aromatic rings. The van der Waals surface area contributed by atoms with Gasteiger partial charge in [0.15, 0.2) is 5.82 Å². The van der Waals surface area contributed by atoms with Gasteiger partial charge in [-0.05, 0) is 51.4 Å². The molecule has 4 rings (SSSR count). The highest BCUT2D eigenvalue weighted by molar-refractivity contribution is 5.38. The Kier molecular flexibility index (Phi) is 6.22. The lowest BCUT2D eigenvalue weighted by Crippen LogP contribution is -2.38. The van der Waals surface area contributed by atoms with Crippen LogP contribution >= 0.6 is 0 Å². The molecule has 0 amide bonds. The molecule has 3 aliphatic rings. The number of ether oxygens (including phenoxy) is 3. The van der Waals surface area contributed by atoms with E-state index in [1.807, 2.05) is 6.20 Å². The zero-order valence-corrected chi connectivity index (χ0v) is 15.6. The third kappa shape index (κ3) is 4.86. The summed E-state index contributed by atoms with van der Waals surface area (Å²) in [6.45, 7) is 3.55. The van der Waals surface area contributed by atoms with Gasteiger partial charge in [-0.3, -0.25) is 4.98 Å². The summed E-state index contributed by atoms with van der Waals surface area (Å²) in [5.41, 5.74) is 0. The molecule has 1 atom stereocenters. The van der Waals surface area contributed by atoms with Crippen molar-refractivity contribution >= 4 is 5.82 Å². The van der Waals surface area contributed by atoms with Crippen LogP contribution in [0, 0.1) is 0 Å². The van der Waals surface area contributed by atoms with Crippen molar-refractivity contribution in [1.29, 1.82) is 0 Å². The molecule has 144 valence electrons. The normalized spacial score (nSPS) is 25.5. The van der Waals surface area contributed by atoms with Gasteiger partial charge in [0.05, 0.1) is 31.2 Å². The molecule has 0 aromatic carbocycles. The summed E-state index contributed by atoms with van der Waals surface area (Å²) in [5, 5.41) is 0. The lowest BCUT2D eigenvalue weighted by molar-refractivity contribution is -0.0280. The minimum atomic E-state index is 0.310. The van der Waals surface area contributed by atoms with Crippen molar-refractivity contribution < 1.29 is 14.2 Å². The predicted molar refractivity (Wildman–Crippen MR) is 99.7 cm³/mol. The van der Waals surface area contributed by atoms with Crippen molar-refractivity contribution in [2.24, 2.45) is 0 Å². The number of nitrogens with zero attached hydrogens (tertiary/aromatic N) is 3.